The third-order valence-electron chi connectivity index (χ3n) is 3.40. The third kappa shape index (κ3) is 3.74. The van der Waals surface area contributed by atoms with Gasteiger partial charge in [0, 0.05) is 27.3 Å². The Balaban J connectivity index is 1.65. The van der Waals surface area contributed by atoms with Crippen molar-refractivity contribution in [3.63, 3.8) is 0 Å². The van der Waals surface area contributed by atoms with Gasteiger partial charge in [-0.05, 0) is 55.3 Å². The van der Waals surface area contributed by atoms with Gasteiger partial charge in [0.05, 0.1) is 0 Å². The molecule has 112 valence electrons. The van der Waals surface area contributed by atoms with Gasteiger partial charge in [0.25, 0.3) is 11.8 Å². The minimum absolute atomic E-state index is 0.0626. The number of nitrogens with one attached hydrogen (secondary N) is 2. The van der Waals surface area contributed by atoms with Gasteiger partial charge in [-0.2, -0.15) is 0 Å². The van der Waals surface area contributed by atoms with Crippen molar-refractivity contribution in [3.8, 4) is 0 Å². The molecule has 0 heterocycles. The first-order chi connectivity index (χ1) is 10.6. The smallest absolute Gasteiger partial charge is 0.255 e. The molecule has 2 N–H and O–H groups in total. The van der Waals surface area contributed by atoms with Gasteiger partial charge in [-0.15, -0.1) is 0 Å². The topological polar surface area (TPSA) is 58.2 Å². The van der Waals surface area contributed by atoms with E-state index < -0.39 is 0 Å². The quantitative estimate of drug-likeness (QED) is 0.877. The second-order valence-corrected chi connectivity index (χ2v) is 6.21. The molecule has 1 fully saturated rings. The Kier molecular flexibility index (Phi) is 4.24. The van der Waals surface area contributed by atoms with Crippen molar-refractivity contribution in [1.82, 2.24) is 5.32 Å². The van der Waals surface area contributed by atoms with Crippen molar-refractivity contribution in [1.29, 1.82) is 0 Å². The Morgan fingerprint density at radius 3 is 2.32 bits per heavy atom. The largest absolute Gasteiger partial charge is 0.349 e. The van der Waals surface area contributed by atoms with Gasteiger partial charge in [0.2, 0.25) is 0 Å². The summed E-state index contributed by atoms with van der Waals surface area (Å²) in [5.41, 5.74) is 1.84. The van der Waals surface area contributed by atoms with Crippen LogP contribution in [0.3, 0.4) is 0 Å². The number of carbonyl (C=O) groups is 2. The highest BCUT2D eigenvalue weighted by Gasteiger charge is 2.23. The summed E-state index contributed by atoms with van der Waals surface area (Å²) in [5.74, 6) is -0.246. The van der Waals surface area contributed by atoms with E-state index in [1.807, 2.05) is 12.1 Å². The molecule has 5 heteroatoms. The van der Waals surface area contributed by atoms with Crippen LogP contribution in [0, 0.1) is 0 Å². The van der Waals surface area contributed by atoms with E-state index in [1.54, 1.807) is 36.4 Å². The first-order valence-corrected chi connectivity index (χ1v) is 7.89. The highest BCUT2D eigenvalue weighted by atomic mass is 79.9. The van der Waals surface area contributed by atoms with Gasteiger partial charge in [0.15, 0.2) is 0 Å². The van der Waals surface area contributed by atoms with Crippen molar-refractivity contribution in [2.24, 2.45) is 0 Å². The van der Waals surface area contributed by atoms with Crippen LogP contribution in [-0.2, 0) is 0 Å². The van der Waals surface area contributed by atoms with Crippen LogP contribution < -0.4 is 10.6 Å². The third-order valence-corrected chi connectivity index (χ3v) is 3.90. The number of rotatable bonds is 4. The molecule has 0 unspecified atom stereocenters. The highest BCUT2D eigenvalue weighted by Crippen LogP contribution is 2.20. The molecule has 0 radical (unpaired) electrons. The van der Waals surface area contributed by atoms with Crippen molar-refractivity contribution >= 4 is 33.4 Å². The summed E-state index contributed by atoms with van der Waals surface area (Å²) in [6.07, 6.45) is 2.12. The van der Waals surface area contributed by atoms with Crippen LogP contribution in [0.15, 0.2) is 53.0 Å². The number of halogens is 1. The molecule has 1 aliphatic rings. The fourth-order valence-electron chi connectivity index (χ4n) is 2.03. The molecule has 0 spiro atoms. The van der Waals surface area contributed by atoms with Crippen LogP contribution in [0.4, 0.5) is 5.69 Å². The molecular formula is C17H15BrN2O2. The standard InChI is InChI=1S/C17H15BrN2O2/c18-13-3-1-2-12(10-13)17(22)20-14-6-4-11(5-7-14)16(21)19-15-8-9-15/h1-7,10,15H,8-9H2,(H,19,21)(H,20,22). The summed E-state index contributed by atoms with van der Waals surface area (Å²) in [4.78, 5) is 24.0. The summed E-state index contributed by atoms with van der Waals surface area (Å²) in [5, 5.41) is 5.74. The summed E-state index contributed by atoms with van der Waals surface area (Å²) >= 11 is 3.34. The summed E-state index contributed by atoms with van der Waals surface area (Å²) in [6, 6.07) is 14.4. The van der Waals surface area contributed by atoms with E-state index >= 15 is 0 Å². The summed E-state index contributed by atoms with van der Waals surface area (Å²) in [6.45, 7) is 0. The lowest BCUT2D eigenvalue weighted by Crippen LogP contribution is -2.25. The van der Waals surface area contributed by atoms with Gasteiger partial charge >= 0.3 is 0 Å². The van der Waals surface area contributed by atoms with Gasteiger partial charge < -0.3 is 10.6 Å². The second kappa shape index (κ2) is 6.32. The van der Waals surface area contributed by atoms with Crippen molar-refractivity contribution in [2.45, 2.75) is 18.9 Å². The number of benzene rings is 2. The highest BCUT2D eigenvalue weighted by molar-refractivity contribution is 9.10. The zero-order valence-corrected chi connectivity index (χ0v) is 13.4. The van der Waals surface area contributed by atoms with Crippen molar-refractivity contribution in [3.05, 3.63) is 64.1 Å². The van der Waals surface area contributed by atoms with Crippen LogP contribution in [0.25, 0.3) is 0 Å². The number of hydrogen-bond donors (Lipinski definition) is 2. The Hall–Kier alpha value is -2.14. The fraction of sp³-hybridized carbons (Fsp3) is 0.176. The molecule has 4 nitrogen and oxygen atoms in total. The van der Waals surface area contributed by atoms with E-state index in [4.69, 9.17) is 0 Å². The molecule has 0 aromatic heterocycles. The van der Waals surface area contributed by atoms with Crippen LogP contribution in [-0.4, -0.2) is 17.9 Å². The van der Waals surface area contributed by atoms with Crippen molar-refractivity contribution < 1.29 is 9.59 Å². The molecule has 3 rings (SSSR count). The predicted octanol–water partition coefficient (Wildman–Crippen LogP) is 3.59. The lowest BCUT2D eigenvalue weighted by atomic mass is 10.1. The zero-order valence-electron chi connectivity index (χ0n) is 11.8. The molecule has 0 aliphatic heterocycles. The molecule has 2 amide bonds. The molecule has 0 bridgehead atoms. The van der Waals surface area contributed by atoms with Crippen molar-refractivity contribution in [2.75, 3.05) is 5.32 Å². The molecule has 0 saturated heterocycles. The SMILES string of the molecule is O=C(Nc1ccc(C(=O)NC2CC2)cc1)c1cccc(Br)c1. The first-order valence-electron chi connectivity index (χ1n) is 7.10. The molecular weight excluding hydrogens is 344 g/mol. The van der Waals surface area contributed by atoms with Crippen LogP contribution in [0.1, 0.15) is 33.6 Å². The maximum atomic E-state index is 12.1. The minimum Gasteiger partial charge on any atom is -0.349 e. The zero-order chi connectivity index (χ0) is 15.5. The average Bonchev–Trinajstić information content (AvgIpc) is 3.32. The normalized spacial score (nSPS) is 13.5. The van der Waals surface area contributed by atoms with Crippen LogP contribution in [0.5, 0.6) is 0 Å². The number of hydrogen-bond acceptors (Lipinski definition) is 2. The Labute approximate surface area is 137 Å². The second-order valence-electron chi connectivity index (χ2n) is 5.29. The van der Waals surface area contributed by atoms with Crippen LogP contribution in [0.2, 0.25) is 0 Å². The average molecular weight is 359 g/mol. The molecule has 1 saturated carbocycles. The lowest BCUT2D eigenvalue weighted by Gasteiger charge is -2.07. The van der Waals surface area contributed by atoms with Gasteiger partial charge in [-0.1, -0.05) is 22.0 Å². The molecule has 0 atom stereocenters. The first kappa shape index (κ1) is 14.8. The van der Waals surface area contributed by atoms with Crippen LogP contribution >= 0.6 is 15.9 Å². The lowest BCUT2D eigenvalue weighted by molar-refractivity contribution is 0.0950. The molecule has 2 aromatic rings. The van der Waals surface area contributed by atoms with Gasteiger partial charge in [-0.3, -0.25) is 9.59 Å². The molecule has 1 aliphatic carbocycles. The van der Waals surface area contributed by atoms with Gasteiger partial charge in [-0.25, -0.2) is 0 Å². The predicted molar refractivity (Wildman–Crippen MR) is 89.0 cm³/mol. The number of amides is 2. The van der Waals surface area contributed by atoms with Gasteiger partial charge in [0.1, 0.15) is 0 Å². The minimum atomic E-state index is -0.184. The monoisotopic (exact) mass is 358 g/mol. The maximum absolute atomic E-state index is 12.1. The van der Waals surface area contributed by atoms with E-state index in [0.717, 1.165) is 17.3 Å². The van der Waals surface area contributed by atoms with E-state index in [2.05, 4.69) is 26.6 Å². The summed E-state index contributed by atoms with van der Waals surface area (Å²) in [7, 11) is 0. The Bertz CT molecular complexity index is 709. The summed E-state index contributed by atoms with van der Waals surface area (Å²) < 4.78 is 0.854. The maximum Gasteiger partial charge on any atom is 0.255 e. The van der Waals surface area contributed by atoms with E-state index in [9.17, 15) is 9.59 Å². The number of anilines is 1. The fourth-order valence-corrected chi connectivity index (χ4v) is 2.43. The molecule has 22 heavy (non-hydrogen) atoms. The van der Waals surface area contributed by atoms with E-state index in [0.29, 0.717) is 22.9 Å². The molecule has 2 aromatic carbocycles. The van der Waals surface area contributed by atoms with E-state index in [-0.39, 0.29) is 11.8 Å². The number of carbonyl (C=O) groups excluding carboxylic acids is 2. The van der Waals surface area contributed by atoms with E-state index in [1.165, 1.54) is 0 Å². The Morgan fingerprint density at radius 2 is 1.68 bits per heavy atom. The Morgan fingerprint density at radius 1 is 0.955 bits per heavy atom.